The van der Waals surface area contributed by atoms with E-state index in [-0.39, 0.29) is 18.2 Å². The Labute approximate surface area is 276 Å². The van der Waals surface area contributed by atoms with E-state index in [0.717, 1.165) is 11.4 Å². The first-order chi connectivity index (χ1) is 23.8. The van der Waals surface area contributed by atoms with Crippen LogP contribution in [0.25, 0.3) is 65.5 Å². The minimum atomic E-state index is -0.0877. The van der Waals surface area contributed by atoms with E-state index in [0.29, 0.717) is 0 Å². The van der Waals surface area contributed by atoms with Crippen LogP contribution in [0.5, 0.6) is 0 Å². The molecule has 2 aliphatic rings. The minimum absolute atomic E-state index is 0.00479. The van der Waals surface area contributed by atoms with E-state index >= 15 is 0 Å². The Kier molecular flexibility index (Phi) is 5.22. The van der Waals surface area contributed by atoms with Crippen LogP contribution >= 0.6 is 0 Å². The number of hydrogen-bond acceptors (Lipinski definition) is 3. The monoisotopic (exact) mass is 617 g/mol. The van der Waals surface area contributed by atoms with Gasteiger partial charge >= 0.3 is 0 Å². The lowest BCUT2D eigenvalue weighted by Gasteiger charge is -2.41. The highest BCUT2D eigenvalue weighted by Gasteiger charge is 2.36. The van der Waals surface area contributed by atoms with Crippen molar-refractivity contribution in [3.8, 4) is 0 Å². The van der Waals surface area contributed by atoms with Crippen molar-refractivity contribution in [1.82, 2.24) is 14.3 Å². The highest BCUT2D eigenvalue weighted by molar-refractivity contribution is 6.31. The molecule has 5 heterocycles. The van der Waals surface area contributed by atoms with Crippen molar-refractivity contribution in [3.05, 3.63) is 157 Å². The largest absolute Gasteiger partial charge is 0.382 e. The molecule has 228 valence electrons. The summed E-state index contributed by atoms with van der Waals surface area (Å²) in [5.41, 5.74) is 10.8. The summed E-state index contributed by atoms with van der Waals surface area (Å²) in [5, 5.41) is 19.5. The molecular weight excluding hydrogens is 587 g/mol. The van der Waals surface area contributed by atoms with Crippen LogP contribution in [0.1, 0.15) is 11.7 Å². The molecule has 0 fully saturated rings. The summed E-state index contributed by atoms with van der Waals surface area (Å²) in [6.07, 6.45) is 6.65. The van der Waals surface area contributed by atoms with Gasteiger partial charge < -0.3 is 24.9 Å². The lowest BCUT2D eigenvalue weighted by molar-refractivity contribution is 0.433. The summed E-state index contributed by atoms with van der Waals surface area (Å²) < 4.78 is 5.06. The molecule has 0 saturated carbocycles. The lowest BCUT2D eigenvalue weighted by Crippen LogP contribution is -2.51. The molecule has 0 saturated heterocycles. The molecule has 0 bridgehead atoms. The van der Waals surface area contributed by atoms with E-state index < -0.39 is 0 Å². The summed E-state index contributed by atoms with van der Waals surface area (Å²) in [6.45, 7) is 0. The Morgan fingerprint density at radius 3 is 1.96 bits per heavy atom. The number of aromatic nitrogens is 2. The van der Waals surface area contributed by atoms with Gasteiger partial charge in [0, 0.05) is 33.1 Å². The molecule has 2 aliphatic heterocycles. The average molecular weight is 618 g/mol. The van der Waals surface area contributed by atoms with Gasteiger partial charge in [-0.2, -0.15) is 0 Å². The third-order valence-electron chi connectivity index (χ3n) is 10.6. The first-order valence-electron chi connectivity index (χ1n) is 16.7. The summed E-state index contributed by atoms with van der Waals surface area (Å²) in [4.78, 5) is 0. The van der Waals surface area contributed by atoms with Crippen LogP contribution in [0, 0.1) is 0 Å². The number of para-hydroxylation sites is 4. The summed E-state index contributed by atoms with van der Waals surface area (Å²) >= 11 is 0. The molecule has 5 heteroatoms. The van der Waals surface area contributed by atoms with Crippen LogP contribution in [0.2, 0.25) is 0 Å². The molecule has 0 spiro atoms. The first kappa shape index (κ1) is 25.9. The zero-order valence-electron chi connectivity index (χ0n) is 26.1. The number of nitrogens with one attached hydrogen (secondary N) is 3. The molecule has 3 aromatic heterocycles. The number of fused-ring (bicyclic) bond motifs is 6. The minimum Gasteiger partial charge on any atom is -0.382 e. The normalized spacial score (nSPS) is 19.2. The molecule has 3 unspecified atom stereocenters. The number of dihydropyridines is 1. The molecule has 3 N–H and O–H groups in total. The quantitative estimate of drug-likeness (QED) is 0.185. The second-order valence-electron chi connectivity index (χ2n) is 13.1. The van der Waals surface area contributed by atoms with Gasteiger partial charge in [0.15, 0.2) is 0 Å². The fourth-order valence-corrected chi connectivity index (χ4v) is 8.60. The fraction of sp³-hybridized carbons (Fsp3) is 0.0698. The molecule has 6 aromatic carbocycles. The third kappa shape index (κ3) is 3.45. The molecule has 9 aromatic rings. The fourth-order valence-electron chi connectivity index (χ4n) is 8.60. The van der Waals surface area contributed by atoms with Crippen molar-refractivity contribution >= 4 is 76.8 Å². The second kappa shape index (κ2) is 9.66. The van der Waals surface area contributed by atoms with E-state index in [1.807, 2.05) is 0 Å². The Hall–Kier alpha value is -6.20. The highest BCUT2D eigenvalue weighted by Crippen LogP contribution is 2.46. The predicted molar refractivity (Wildman–Crippen MR) is 201 cm³/mol. The van der Waals surface area contributed by atoms with E-state index in [1.165, 1.54) is 71.0 Å². The van der Waals surface area contributed by atoms with Gasteiger partial charge in [0.1, 0.15) is 6.17 Å². The van der Waals surface area contributed by atoms with Gasteiger partial charge in [0.25, 0.3) is 0 Å². The van der Waals surface area contributed by atoms with E-state index in [2.05, 4.69) is 177 Å². The lowest BCUT2D eigenvalue weighted by atomic mass is 9.96. The molecule has 0 amide bonds. The number of anilines is 2. The van der Waals surface area contributed by atoms with E-state index in [9.17, 15) is 0 Å². The zero-order valence-corrected chi connectivity index (χ0v) is 26.1. The molecular formula is C43H31N5. The van der Waals surface area contributed by atoms with Crippen LogP contribution < -0.4 is 16.0 Å². The topological polar surface area (TPSA) is 45.4 Å². The van der Waals surface area contributed by atoms with Crippen LogP contribution in [-0.4, -0.2) is 21.1 Å². The zero-order chi connectivity index (χ0) is 31.3. The Bertz CT molecular complexity index is 2780. The molecule has 48 heavy (non-hydrogen) atoms. The molecule has 0 aliphatic carbocycles. The van der Waals surface area contributed by atoms with Gasteiger partial charge in [-0.15, -0.1) is 0 Å². The van der Waals surface area contributed by atoms with Crippen LogP contribution in [-0.2, 0) is 0 Å². The van der Waals surface area contributed by atoms with Crippen molar-refractivity contribution < 1.29 is 0 Å². The maximum Gasteiger partial charge on any atom is 0.127 e. The number of hydrogen-bond donors (Lipinski definition) is 3. The third-order valence-corrected chi connectivity index (χ3v) is 10.6. The Balaban J connectivity index is 1.19. The Morgan fingerprint density at radius 2 is 1.12 bits per heavy atom. The maximum absolute atomic E-state index is 4.01. The number of benzene rings is 6. The summed E-state index contributed by atoms with van der Waals surface area (Å²) in [6, 6.07) is 48.5. The highest BCUT2D eigenvalue weighted by atomic mass is 15.3. The van der Waals surface area contributed by atoms with Gasteiger partial charge in [-0.25, -0.2) is 0 Å². The van der Waals surface area contributed by atoms with Gasteiger partial charge in [0.05, 0.1) is 51.0 Å². The molecule has 0 radical (unpaired) electrons. The predicted octanol–water partition coefficient (Wildman–Crippen LogP) is 9.92. The first-order valence-corrected chi connectivity index (χ1v) is 16.7. The Morgan fingerprint density at radius 1 is 0.500 bits per heavy atom. The van der Waals surface area contributed by atoms with Crippen molar-refractivity contribution in [1.29, 1.82) is 0 Å². The number of allylic oxidation sites excluding steroid dienone is 2. The van der Waals surface area contributed by atoms with Gasteiger partial charge in [-0.1, -0.05) is 109 Å². The summed E-state index contributed by atoms with van der Waals surface area (Å²) in [5.74, 6) is 0. The van der Waals surface area contributed by atoms with Crippen LogP contribution in [0.4, 0.5) is 11.4 Å². The van der Waals surface area contributed by atoms with Gasteiger partial charge in [-0.3, -0.25) is 0 Å². The van der Waals surface area contributed by atoms with Crippen LogP contribution in [0.3, 0.4) is 0 Å². The summed E-state index contributed by atoms with van der Waals surface area (Å²) in [7, 11) is 0. The van der Waals surface area contributed by atoms with E-state index in [4.69, 9.17) is 0 Å². The second-order valence-corrected chi connectivity index (χ2v) is 13.1. The van der Waals surface area contributed by atoms with Gasteiger partial charge in [0.2, 0.25) is 0 Å². The van der Waals surface area contributed by atoms with Crippen molar-refractivity contribution in [3.63, 3.8) is 0 Å². The molecule has 11 rings (SSSR count). The maximum atomic E-state index is 4.01. The smallest absolute Gasteiger partial charge is 0.127 e. The molecule has 5 nitrogen and oxygen atoms in total. The van der Waals surface area contributed by atoms with E-state index in [1.54, 1.807) is 0 Å². The standard InChI is InChI=1S/C43H31N5/c1-2-11-26(12-3-1)27-23-24-34(44-25-27)41-43(46-33-18-6-5-17-32(33)45-41)48-36-20-9-14-29-31-16-8-15-30-28-13-4-7-19-35(28)47(42(30)31)37-21-10-22-38(48)40(37)39(29)36/h1-25,34,41,43-46H. The van der Waals surface area contributed by atoms with Crippen molar-refractivity contribution in [2.24, 2.45) is 0 Å². The number of nitrogens with zero attached hydrogens (tertiary/aromatic N) is 2. The van der Waals surface area contributed by atoms with Crippen molar-refractivity contribution in [2.75, 3.05) is 10.6 Å². The van der Waals surface area contributed by atoms with Crippen molar-refractivity contribution in [2.45, 2.75) is 18.2 Å². The number of rotatable bonds is 3. The average Bonchev–Trinajstić information content (AvgIpc) is 3.63. The molecule has 3 atom stereocenters. The van der Waals surface area contributed by atoms with Crippen LogP contribution in [0.15, 0.2) is 152 Å². The van der Waals surface area contributed by atoms with Gasteiger partial charge in [-0.05, 0) is 52.9 Å². The SMILES string of the molecule is C1=CC(C2Nc3ccccc3NC2n2c3cccc4c5cccc6c7ccccc7n(c7cccc2c7c43)c56)NC=C1c1ccccc1.